The Morgan fingerprint density at radius 3 is 2.59 bits per heavy atom. The summed E-state index contributed by atoms with van der Waals surface area (Å²) in [7, 11) is 0. The zero-order valence-corrected chi connectivity index (χ0v) is 19.1. The number of fused-ring (bicyclic) bond motifs is 3. The van der Waals surface area contributed by atoms with Gasteiger partial charge in [-0.05, 0) is 49.1 Å². The van der Waals surface area contributed by atoms with Crippen molar-refractivity contribution in [2.24, 2.45) is 0 Å². The molecule has 4 nitrogen and oxygen atoms in total. The minimum absolute atomic E-state index is 0.238. The summed E-state index contributed by atoms with van der Waals surface area (Å²) in [6.07, 6.45) is 6.09. The van der Waals surface area contributed by atoms with E-state index in [4.69, 9.17) is 0 Å². The van der Waals surface area contributed by atoms with Crippen molar-refractivity contribution in [2.45, 2.75) is 37.9 Å². The highest BCUT2D eigenvalue weighted by Gasteiger charge is 2.35. The van der Waals surface area contributed by atoms with Gasteiger partial charge >= 0.3 is 0 Å². The summed E-state index contributed by atoms with van der Waals surface area (Å²) >= 11 is 0. The third-order valence-corrected chi connectivity index (χ3v) is 7.05. The van der Waals surface area contributed by atoms with E-state index in [-0.39, 0.29) is 6.04 Å². The van der Waals surface area contributed by atoms with Crippen LogP contribution < -0.4 is 5.32 Å². The summed E-state index contributed by atoms with van der Waals surface area (Å²) in [5.41, 5.74) is 6.63. The van der Waals surface area contributed by atoms with Crippen LogP contribution in [0, 0.1) is 0 Å². The van der Waals surface area contributed by atoms with Crippen LogP contribution in [0.15, 0.2) is 73.8 Å². The lowest BCUT2D eigenvalue weighted by Gasteiger charge is -2.41. The summed E-state index contributed by atoms with van der Waals surface area (Å²) in [5.74, 6) is 0. The van der Waals surface area contributed by atoms with E-state index in [1.807, 2.05) is 12.2 Å². The lowest BCUT2D eigenvalue weighted by atomic mass is 9.88. The van der Waals surface area contributed by atoms with Gasteiger partial charge in [-0.1, -0.05) is 42.5 Å². The molecule has 4 heteroatoms. The van der Waals surface area contributed by atoms with E-state index < -0.39 is 0 Å². The van der Waals surface area contributed by atoms with Gasteiger partial charge in [0, 0.05) is 54.5 Å². The molecule has 1 fully saturated rings. The Balaban J connectivity index is 1.43. The first-order chi connectivity index (χ1) is 15.7. The molecule has 0 bridgehead atoms. The van der Waals surface area contributed by atoms with Gasteiger partial charge in [-0.25, -0.2) is 0 Å². The molecule has 5 rings (SSSR count). The van der Waals surface area contributed by atoms with E-state index in [0.29, 0.717) is 12.1 Å². The minimum atomic E-state index is 0.238. The molecule has 2 aromatic carbocycles. The average molecular weight is 427 g/mol. The number of hydrogen-bond donors (Lipinski definition) is 2. The molecule has 166 valence electrons. The lowest BCUT2D eigenvalue weighted by molar-refractivity contribution is 0.152. The number of aromatic nitrogens is 1. The molecule has 2 N–H and O–H groups in total. The number of para-hydroxylation sites is 1. The van der Waals surface area contributed by atoms with E-state index in [1.165, 1.54) is 33.4 Å². The predicted molar refractivity (Wildman–Crippen MR) is 135 cm³/mol. The molecule has 0 unspecified atom stereocenters. The molecule has 3 heterocycles. The van der Waals surface area contributed by atoms with Gasteiger partial charge in [0.05, 0.1) is 12.1 Å². The summed E-state index contributed by atoms with van der Waals surface area (Å²) in [4.78, 5) is 8.82. The van der Waals surface area contributed by atoms with E-state index in [9.17, 15) is 0 Å². The maximum atomic E-state index is 3.96. The maximum Gasteiger partial charge on any atom is 0.0759 e. The van der Waals surface area contributed by atoms with Crippen molar-refractivity contribution in [1.29, 1.82) is 0 Å². The molecule has 0 amide bonds. The number of nitrogens with one attached hydrogen (secondary N) is 2. The summed E-state index contributed by atoms with van der Waals surface area (Å²) in [6.45, 7) is 14.3. The van der Waals surface area contributed by atoms with E-state index in [1.54, 1.807) is 0 Å². The predicted octanol–water partition coefficient (Wildman–Crippen LogP) is 5.36. The van der Waals surface area contributed by atoms with Gasteiger partial charge in [-0.15, -0.1) is 13.2 Å². The number of H-pyrrole nitrogens is 1. The first-order valence-corrected chi connectivity index (χ1v) is 11.8. The molecule has 0 spiro atoms. The molecular weight excluding hydrogens is 392 g/mol. The molecule has 2 atom stereocenters. The van der Waals surface area contributed by atoms with Crippen molar-refractivity contribution >= 4 is 16.6 Å². The molecule has 0 saturated carbocycles. The molecule has 0 aliphatic carbocycles. The van der Waals surface area contributed by atoms with Crippen molar-refractivity contribution in [3.05, 3.63) is 90.7 Å². The van der Waals surface area contributed by atoms with Crippen LogP contribution >= 0.6 is 0 Å². The van der Waals surface area contributed by atoms with Crippen LogP contribution in [0.25, 0.3) is 10.9 Å². The summed E-state index contributed by atoms with van der Waals surface area (Å²) in [5, 5.41) is 5.05. The second kappa shape index (κ2) is 8.97. The third kappa shape index (κ3) is 3.89. The van der Waals surface area contributed by atoms with Crippen molar-refractivity contribution < 1.29 is 0 Å². The standard InChI is InChI=1S/C28H34N4/c1-4-6-16-32-20(3)17-25-24-9-7-8-10-26(24)30-27(25)28(32)21-11-13-22(14-12-21)29-23-18-31(19-23)15-5-2/h4-5,7-14,20,23,28-30H,1-2,6,15-19H2,3H3/t20-,28-/m1/s1. The number of rotatable bonds is 8. The molecular formula is C28H34N4. The molecule has 1 saturated heterocycles. The number of nitrogens with zero attached hydrogens (tertiary/aromatic N) is 2. The molecule has 32 heavy (non-hydrogen) atoms. The molecule has 2 aliphatic rings. The topological polar surface area (TPSA) is 34.3 Å². The molecule has 3 aromatic rings. The van der Waals surface area contributed by atoms with Crippen LogP contribution in [0.4, 0.5) is 5.69 Å². The van der Waals surface area contributed by atoms with Gasteiger partial charge in [0.1, 0.15) is 0 Å². The lowest BCUT2D eigenvalue weighted by Crippen LogP contribution is -2.54. The third-order valence-electron chi connectivity index (χ3n) is 7.05. The van der Waals surface area contributed by atoms with E-state index >= 15 is 0 Å². The first-order valence-electron chi connectivity index (χ1n) is 11.8. The highest BCUT2D eigenvalue weighted by molar-refractivity contribution is 5.85. The Morgan fingerprint density at radius 1 is 1.06 bits per heavy atom. The first kappa shape index (κ1) is 21.0. The second-order valence-corrected chi connectivity index (χ2v) is 9.30. The van der Waals surface area contributed by atoms with E-state index in [0.717, 1.165) is 39.0 Å². The fourth-order valence-corrected chi connectivity index (χ4v) is 5.45. The van der Waals surface area contributed by atoms with E-state index in [2.05, 4.69) is 88.7 Å². The van der Waals surface area contributed by atoms with Gasteiger partial charge in [0.2, 0.25) is 0 Å². The number of anilines is 1. The maximum absolute atomic E-state index is 3.96. The van der Waals surface area contributed by atoms with Gasteiger partial charge in [-0.3, -0.25) is 9.80 Å². The second-order valence-electron chi connectivity index (χ2n) is 9.30. The zero-order valence-electron chi connectivity index (χ0n) is 19.1. The highest BCUT2D eigenvalue weighted by Crippen LogP contribution is 2.41. The van der Waals surface area contributed by atoms with Crippen LogP contribution in [0.3, 0.4) is 0 Å². The number of hydrogen-bond acceptors (Lipinski definition) is 3. The van der Waals surface area contributed by atoms with Gasteiger partial charge in [0.15, 0.2) is 0 Å². The van der Waals surface area contributed by atoms with Crippen molar-refractivity contribution in [3.8, 4) is 0 Å². The SMILES string of the molecule is C=CCCN1[C@H](c2ccc(NC3CN(CC=C)C3)cc2)c2[nH]c3ccccc3c2C[C@H]1C. The van der Waals surface area contributed by atoms with Crippen LogP contribution in [-0.4, -0.2) is 53.0 Å². The Morgan fingerprint density at radius 2 is 1.84 bits per heavy atom. The van der Waals surface area contributed by atoms with Gasteiger partial charge < -0.3 is 10.3 Å². The normalized spacial score (nSPS) is 21.8. The summed E-state index contributed by atoms with van der Waals surface area (Å²) < 4.78 is 0. The average Bonchev–Trinajstić information content (AvgIpc) is 3.14. The molecule has 0 radical (unpaired) electrons. The minimum Gasteiger partial charge on any atom is -0.380 e. The van der Waals surface area contributed by atoms with Gasteiger partial charge in [0.25, 0.3) is 0 Å². The smallest absolute Gasteiger partial charge is 0.0759 e. The highest BCUT2D eigenvalue weighted by atomic mass is 15.2. The van der Waals surface area contributed by atoms with Crippen molar-refractivity contribution in [2.75, 3.05) is 31.5 Å². The fourth-order valence-electron chi connectivity index (χ4n) is 5.45. The number of aromatic amines is 1. The Bertz CT molecular complexity index is 1090. The van der Waals surface area contributed by atoms with Crippen LogP contribution in [0.2, 0.25) is 0 Å². The molecule has 2 aliphatic heterocycles. The van der Waals surface area contributed by atoms with Crippen LogP contribution in [0.1, 0.15) is 36.2 Å². The zero-order chi connectivity index (χ0) is 22.1. The van der Waals surface area contributed by atoms with Crippen LogP contribution in [-0.2, 0) is 6.42 Å². The quantitative estimate of drug-likeness (QED) is 0.476. The Hall–Kier alpha value is -2.82. The monoisotopic (exact) mass is 426 g/mol. The Labute approximate surface area is 191 Å². The Kier molecular flexibility index (Phi) is 5.90. The largest absolute Gasteiger partial charge is 0.380 e. The number of benzene rings is 2. The fraction of sp³-hybridized carbons (Fsp3) is 0.357. The summed E-state index contributed by atoms with van der Waals surface area (Å²) in [6, 6.07) is 19.1. The van der Waals surface area contributed by atoms with Gasteiger partial charge in [-0.2, -0.15) is 0 Å². The van der Waals surface area contributed by atoms with Crippen molar-refractivity contribution in [1.82, 2.24) is 14.8 Å². The van der Waals surface area contributed by atoms with Crippen LogP contribution in [0.5, 0.6) is 0 Å². The molecule has 1 aromatic heterocycles. The number of likely N-dealkylation sites (tertiary alicyclic amines) is 1. The van der Waals surface area contributed by atoms with Crippen molar-refractivity contribution in [3.63, 3.8) is 0 Å².